The Morgan fingerprint density at radius 2 is 1.62 bits per heavy atom. The molecule has 1 unspecified atom stereocenters. The number of amides is 1. The van der Waals surface area contributed by atoms with Gasteiger partial charge in [0.05, 0.1) is 27.9 Å². The highest BCUT2D eigenvalue weighted by Crippen LogP contribution is 2.33. The summed E-state index contributed by atoms with van der Waals surface area (Å²) in [6.45, 7) is 12.5. The number of carbonyl (C=O) groups excluding carboxylic acids is 1. The molecule has 1 saturated heterocycles. The van der Waals surface area contributed by atoms with Crippen LogP contribution in [0.3, 0.4) is 0 Å². The molecule has 1 atom stereocenters. The van der Waals surface area contributed by atoms with Crippen molar-refractivity contribution in [3.05, 3.63) is 68.9 Å². The van der Waals surface area contributed by atoms with E-state index in [1.807, 2.05) is 43.3 Å². The van der Waals surface area contributed by atoms with E-state index in [1.165, 1.54) is 42.7 Å². The predicted molar refractivity (Wildman–Crippen MR) is 194 cm³/mol. The molecule has 0 bridgehead atoms. The maximum atomic E-state index is 13.0. The molecule has 1 fully saturated rings. The number of unbranched alkanes of at least 4 members (excludes halogenated alkanes) is 7. The second-order valence-corrected chi connectivity index (χ2v) is 13.2. The van der Waals surface area contributed by atoms with E-state index in [4.69, 9.17) is 32.7 Å². The maximum Gasteiger partial charge on any atom is 0.411 e. The number of piperazine rings is 1. The fraction of sp³-hybridized carbons (Fsp3) is 0.568. The quantitative estimate of drug-likeness (QED) is 0.124. The van der Waals surface area contributed by atoms with Gasteiger partial charge in [0.1, 0.15) is 5.75 Å². The fourth-order valence-corrected chi connectivity index (χ4v) is 6.60. The molecular formula is C37H52Cl2N4O4. The zero-order chi connectivity index (χ0) is 33.6. The summed E-state index contributed by atoms with van der Waals surface area (Å²) in [5.41, 5.74) is 1.47. The van der Waals surface area contributed by atoms with Crippen molar-refractivity contribution in [1.29, 1.82) is 0 Å². The van der Waals surface area contributed by atoms with Gasteiger partial charge in [-0.2, -0.15) is 0 Å². The molecular weight excluding hydrogens is 635 g/mol. The standard InChI is InChI=1S/C37H52Cl2N4O4/c1-4-6-7-8-9-10-11-22-41(5-2)37(45)47-29(3)43-34-28-31(19-17-30(34)18-20-35(43)44)46-27-13-12-21-40-23-25-42(26-24-40)33-16-14-15-32(38)36(33)39/h14-20,28-29H,4-13,21-27H2,1-3H3. The molecule has 8 nitrogen and oxygen atoms in total. The van der Waals surface area contributed by atoms with Gasteiger partial charge in [0.25, 0.3) is 5.56 Å². The van der Waals surface area contributed by atoms with Gasteiger partial charge in [-0.3, -0.25) is 14.3 Å². The first kappa shape index (κ1) is 36.9. The third-order valence-corrected chi connectivity index (χ3v) is 9.80. The average Bonchev–Trinajstić information content (AvgIpc) is 3.07. The van der Waals surface area contributed by atoms with Gasteiger partial charge in [-0.1, -0.05) is 74.7 Å². The Balaban J connectivity index is 1.24. The zero-order valence-corrected chi connectivity index (χ0v) is 29.9. The number of hydrogen-bond acceptors (Lipinski definition) is 6. The molecule has 1 aliphatic heterocycles. The first-order chi connectivity index (χ1) is 22.8. The van der Waals surface area contributed by atoms with Crippen LogP contribution in [0.25, 0.3) is 10.9 Å². The Bertz CT molecular complexity index is 1470. The number of fused-ring (bicyclic) bond motifs is 1. The molecule has 1 aliphatic rings. The SMILES string of the molecule is CCCCCCCCCN(CC)C(=O)OC(C)n1c(=O)ccc2ccc(OCCCCN3CCN(c4cccc(Cl)c4Cl)CC3)cc21. The summed E-state index contributed by atoms with van der Waals surface area (Å²) in [5.74, 6) is 0.691. The van der Waals surface area contributed by atoms with Crippen molar-refractivity contribution in [3.8, 4) is 5.75 Å². The Morgan fingerprint density at radius 3 is 2.36 bits per heavy atom. The molecule has 0 spiro atoms. The van der Waals surface area contributed by atoms with Crippen LogP contribution in [0.4, 0.5) is 10.5 Å². The number of carbonyl (C=O) groups is 1. The number of nitrogens with zero attached hydrogens (tertiary/aromatic N) is 4. The van der Waals surface area contributed by atoms with Crippen molar-refractivity contribution in [2.24, 2.45) is 0 Å². The van der Waals surface area contributed by atoms with Gasteiger partial charge in [-0.25, -0.2) is 4.79 Å². The minimum atomic E-state index is -0.757. The molecule has 0 N–H and O–H groups in total. The second-order valence-electron chi connectivity index (χ2n) is 12.4. The summed E-state index contributed by atoms with van der Waals surface area (Å²) in [4.78, 5) is 32.5. The molecule has 10 heteroatoms. The Hall–Kier alpha value is -2.94. The number of rotatable bonds is 18. The van der Waals surface area contributed by atoms with E-state index in [1.54, 1.807) is 17.9 Å². The third kappa shape index (κ3) is 10.8. The van der Waals surface area contributed by atoms with Crippen LogP contribution in [0.5, 0.6) is 5.75 Å². The lowest BCUT2D eigenvalue weighted by Crippen LogP contribution is -2.46. The largest absolute Gasteiger partial charge is 0.494 e. The van der Waals surface area contributed by atoms with Gasteiger partial charge in [-0.05, 0) is 75.4 Å². The highest BCUT2D eigenvalue weighted by molar-refractivity contribution is 6.43. The van der Waals surface area contributed by atoms with Crippen molar-refractivity contribution in [2.45, 2.75) is 84.8 Å². The minimum absolute atomic E-state index is 0.220. The molecule has 3 aromatic rings. The van der Waals surface area contributed by atoms with Crippen molar-refractivity contribution >= 4 is 45.9 Å². The van der Waals surface area contributed by atoms with Crippen molar-refractivity contribution in [3.63, 3.8) is 0 Å². The average molecular weight is 688 g/mol. The van der Waals surface area contributed by atoms with E-state index in [9.17, 15) is 9.59 Å². The van der Waals surface area contributed by atoms with E-state index < -0.39 is 12.3 Å². The molecule has 2 aromatic carbocycles. The van der Waals surface area contributed by atoms with Crippen LogP contribution < -0.4 is 15.2 Å². The van der Waals surface area contributed by atoms with E-state index in [-0.39, 0.29) is 5.56 Å². The van der Waals surface area contributed by atoms with Gasteiger partial charge in [0.2, 0.25) is 0 Å². The monoisotopic (exact) mass is 686 g/mol. The number of aromatic nitrogens is 1. The number of hydrogen-bond donors (Lipinski definition) is 0. The number of anilines is 1. The van der Waals surface area contributed by atoms with Crippen LogP contribution >= 0.6 is 23.2 Å². The number of ether oxygens (including phenoxy) is 2. The summed E-state index contributed by atoms with van der Waals surface area (Å²) in [6.07, 6.45) is 9.09. The van der Waals surface area contributed by atoms with Crippen LogP contribution in [-0.2, 0) is 4.74 Å². The lowest BCUT2D eigenvalue weighted by atomic mass is 10.1. The van der Waals surface area contributed by atoms with Crippen molar-refractivity contribution < 1.29 is 14.3 Å². The van der Waals surface area contributed by atoms with Crippen LogP contribution in [0.15, 0.2) is 53.3 Å². The third-order valence-electron chi connectivity index (χ3n) is 8.99. The highest BCUT2D eigenvalue weighted by atomic mass is 35.5. The topological polar surface area (TPSA) is 67.2 Å². The molecule has 4 rings (SSSR count). The van der Waals surface area contributed by atoms with Gasteiger partial charge < -0.3 is 19.3 Å². The molecule has 0 saturated carbocycles. The van der Waals surface area contributed by atoms with E-state index >= 15 is 0 Å². The number of halogens is 2. The van der Waals surface area contributed by atoms with Crippen LogP contribution in [0.2, 0.25) is 10.0 Å². The molecule has 258 valence electrons. The number of pyridine rings is 1. The molecule has 47 heavy (non-hydrogen) atoms. The molecule has 0 radical (unpaired) electrons. The smallest absolute Gasteiger partial charge is 0.411 e. The van der Waals surface area contributed by atoms with E-state index in [2.05, 4.69) is 16.7 Å². The van der Waals surface area contributed by atoms with Crippen LogP contribution in [0.1, 0.15) is 84.8 Å². The summed E-state index contributed by atoms with van der Waals surface area (Å²) in [7, 11) is 0. The highest BCUT2D eigenvalue weighted by Gasteiger charge is 2.21. The minimum Gasteiger partial charge on any atom is -0.494 e. The fourth-order valence-electron chi connectivity index (χ4n) is 6.19. The maximum absolute atomic E-state index is 13.0. The molecule has 1 amide bonds. The molecule has 1 aromatic heterocycles. The Labute approximate surface area is 290 Å². The summed E-state index contributed by atoms with van der Waals surface area (Å²) in [5, 5.41) is 2.10. The van der Waals surface area contributed by atoms with Gasteiger partial charge >= 0.3 is 6.09 Å². The van der Waals surface area contributed by atoms with Crippen molar-refractivity contribution in [2.75, 3.05) is 57.3 Å². The Morgan fingerprint density at radius 1 is 0.894 bits per heavy atom. The van der Waals surface area contributed by atoms with E-state index in [0.717, 1.165) is 69.5 Å². The normalized spacial score (nSPS) is 14.4. The predicted octanol–water partition coefficient (Wildman–Crippen LogP) is 9.02. The lowest BCUT2D eigenvalue weighted by molar-refractivity contribution is 0.0395. The lowest BCUT2D eigenvalue weighted by Gasteiger charge is -2.36. The first-order valence-electron chi connectivity index (χ1n) is 17.5. The number of benzene rings is 2. The first-order valence-corrected chi connectivity index (χ1v) is 18.2. The second kappa shape index (κ2) is 19.2. The Kier molecular flexibility index (Phi) is 15.0. The summed E-state index contributed by atoms with van der Waals surface area (Å²) >= 11 is 12.6. The molecule has 0 aliphatic carbocycles. The van der Waals surface area contributed by atoms with Crippen molar-refractivity contribution in [1.82, 2.24) is 14.4 Å². The summed E-state index contributed by atoms with van der Waals surface area (Å²) in [6, 6.07) is 14.8. The van der Waals surface area contributed by atoms with Gasteiger partial charge in [0, 0.05) is 51.4 Å². The summed E-state index contributed by atoms with van der Waals surface area (Å²) < 4.78 is 13.5. The van der Waals surface area contributed by atoms with Gasteiger partial charge in [-0.15, -0.1) is 0 Å². The van der Waals surface area contributed by atoms with Crippen LogP contribution in [-0.4, -0.2) is 72.9 Å². The van der Waals surface area contributed by atoms with E-state index in [0.29, 0.717) is 41.0 Å². The van der Waals surface area contributed by atoms with Crippen LogP contribution in [0, 0.1) is 0 Å². The zero-order valence-electron chi connectivity index (χ0n) is 28.4. The molecule has 2 heterocycles. The van der Waals surface area contributed by atoms with Gasteiger partial charge in [0.15, 0.2) is 6.23 Å².